The second-order valence-electron chi connectivity index (χ2n) is 6.53. The summed E-state index contributed by atoms with van der Waals surface area (Å²) in [4.78, 5) is 0. The molecule has 0 bridgehead atoms. The second kappa shape index (κ2) is 10.1. The lowest BCUT2D eigenvalue weighted by molar-refractivity contribution is 0.164. The van der Waals surface area contributed by atoms with Crippen LogP contribution in [-0.2, 0) is 9.09 Å². The molecule has 1 aliphatic rings. The van der Waals surface area contributed by atoms with Gasteiger partial charge in [0.1, 0.15) is 0 Å². The number of benzene rings is 1. The zero-order valence-corrected chi connectivity index (χ0v) is 15.3. The molecule has 1 unspecified atom stereocenters. The summed E-state index contributed by atoms with van der Waals surface area (Å²) in [7, 11) is -2.88. The van der Waals surface area contributed by atoms with Crippen LogP contribution in [0.4, 0.5) is 0 Å². The lowest BCUT2D eigenvalue weighted by atomic mass is 9.98. The van der Waals surface area contributed by atoms with Gasteiger partial charge in [0.15, 0.2) is 0 Å². The summed E-state index contributed by atoms with van der Waals surface area (Å²) in [6.07, 6.45) is 13.9. The van der Waals surface area contributed by atoms with Crippen molar-refractivity contribution in [3.8, 4) is 0 Å². The molecule has 1 aromatic carbocycles. The van der Waals surface area contributed by atoms with Gasteiger partial charge in [-0.1, -0.05) is 69.7 Å². The molecule has 2 rings (SSSR count). The minimum absolute atomic E-state index is 0.152. The zero-order valence-electron chi connectivity index (χ0n) is 14.5. The van der Waals surface area contributed by atoms with Gasteiger partial charge in [0, 0.05) is 11.1 Å². The highest BCUT2D eigenvalue weighted by atomic mass is 31.2. The predicted octanol–water partition coefficient (Wildman–Crippen LogP) is 6.42. The summed E-state index contributed by atoms with van der Waals surface area (Å²) in [5, 5.41) is 0.829. The number of hydrogen-bond acceptors (Lipinski definition) is 2. The van der Waals surface area contributed by atoms with E-state index in [1.807, 2.05) is 36.1 Å². The van der Waals surface area contributed by atoms with E-state index in [4.69, 9.17) is 4.52 Å². The molecular formula is C20H31O2P. The summed E-state index contributed by atoms with van der Waals surface area (Å²) in [5.41, 5.74) is 0. The summed E-state index contributed by atoms with van der Waals surface area (Å²) in [6, 6.07) is 9.72. The maximum atomic E-state index is 13.5. The van der Waals surface area contributed by atoms with E-state index in [0.29, 0.717) is 0 Å². The molecule has 0 amide bonds. The average molecular weight is 334 g/mol. The summed E-state index contributed by atoms with van der Waals surface area (Å²) in [6.45, 7) is 2.22. The van der Waals surface area contributed by atoms with Crippen molar-refractivity contribution in [3.63, 3.8) is 0 Å². The normalized spacial score (nSPS) is 19.0. The minimum atomic E-state index is -2.88. The molecule has 1 saturated carbocycles. The predicted molar refractivity (Wildman–Crippen MR) is 99.5 cm³/mol. The van der Waals surface area contributed by atoms with E-state index in [2.05, 4.69) is 13.0 Å². The second-order valence-corrected chi connectivity index (χ2v) is 8.75. The van der Waals surface area contributed by atoms with Gasteiger partial charge in [0.25, 0.3) is 7.37 Å². The molecule has 0 radical (unpaired) electrons. The fourth-order valence-corrected chi connectivity index (χ4v) is 5.14. The Labute approximate surface area is 141 Å². The summed E-state index contributed by atoms with van der Waals surface area (Å²) in [5.74, 6) is 1.86. The van der Waals surface area contributed by atoms with E-state index < -0.39 is 7.37 Å². The molecular weight excluding hydrogens is 303 g/mol. The van der Waals surface area contributed by atoms with Crippen LogP contribution >= 0.6 is 7.37 Å². The molecule has 0 aliphatic heterocycles. The van der Waals surface area contributed by atoms with Crippen LogP contribution in [0.3, 0.4) is 0 Å². The Hall–Kier alpha value is -0.850. The van der Waals surface area contributed by atoms with Gasteiger partial charge in [0.05, 0.1) is 6.10 Å². The Morgan fingerprint density at radius 3 is 2.52 bits per heavy atom. The number of hydrogen-bond donors (Lipinski definition) is 0. The van der Waals surface area contributed by atoms with Gasteiger partial charge in [0.2, 0.25) is 0 Å². The van der Waals surface area contributed by atoms with Crippen molar-refractivity contribution in [2.75, 3.05) is 0 Å². The van der Waals surface area contributed by atoms with E-state index in [0.717, 1.165) is 24.6 Å². The SMILES string of the molecule is CCCCCCC=CP(=O)(OC1CCCCC1)c1ccccc1. The maximum Gasteiger partial charge on any atom is 0.254 e. The first-order valence-corrected chi connectivity index (χ1v) is 11.0. The van der Waals surface area contributed by atoms with Crippen molar-refractivity contribution >= 4 is 12.7 Å². The quantitative estimate of drug-likeness (QED) is 0.384. The van der Waals surface area contributed by atoms with Gasteiger partial charge < -0.3 is 4.52 Å². The van der Waals surface area contributed by atoms with Crippen LogP contribution in [0, 0.1) is 0 Å². The van der Waals surface area contributed by atoms with Crippen LogP contribution < -0.4 is 5.30 Å². The number of allylic oxidation sites excluding steroid dienone is 1. The monoisotopic (exact) mass is 334 g/mol. The van der Waals surface area contributed by atoms with Crippen molar-refractivity contribution < 1.29 is 9.09 Å². The van der Waals surface area contributed by atoms with Gasteiger partial charge >= 0.3 is 0 Å². The molecule has 0 spiro atoms. The summed E-state index contributed by atoms with van der Waals surface area (Å²) < 4.78 is 19.6. The molecule has 1 aromatic rings. The van der Waals surface area contributed by atoms with Gasteiger partial charge in [-0.25, -0.2) is 0 Å². The molecule has 0 aromatic heterocycles. The van der Waals surface area contributed by atoms with Crippen molar-refractivity contribution in [1.29, 1.82) is 0 Å². The molecule has 0 saturated heterocycles. The van der Waals surface area contributed by atoms with Crippen LogP contribution in [0.25, 0.3) is 0 Å². The molecule has 0 N–H and O–H groups in total. The first-order valence-electron chi connectivity index (χ1n) is 9.26. The fraction of sp³-hybridized carbons (Fsp3) is 0.600. The zero-order chi connectivity index (χ0) is 16.4. The molecule has 2 nitrogen and oxygen atoms in total. The third-order valence-electron chi connectivity index (χ3n) is 4.50. The largest absolute Gasteiger partial charge is 0.319 e. The Morgan fingerprint density at radius 2 is 1.83 bits per heavy atom. The van der Waals surface area contributed by atoms with Crippen LogP contribution in [0.5, 0.6) is 0 Å². The van der Waals surface area contributed by atoms with Crippen molar-refractivity contribution in [2.24, 2.45) is 0 Å². The lowest BCUT2D eigenvalue weighted by Gasteiger charge is -2.26. The first-order chi connectivity index (χ1) is 11.2. The number of unbranched alkanes of at least 4 members (excludes halogenated alkanes) is 4. The van der Waals surface area contributed by atoms with Crippen LogP contribution in [-0.4, -0.2) is 6.10 Å². The molecule has 1 atom stereocenters. The Balaban J connectivity index is 2.02. The smallest absolute Gasteiger partial charge is 0.254 e. The molecule has 23 heavy (non-hydrogen) atoms. The minimum Gasteiger partial charge on any atom is -0.319 e. The molecule has 3 heteroatoms. The Kier molecular flexibility index (Phi) is 8.12. The Morgan fingerprint density at radius 1 is 1.09 bits per heavy atom. The maximum absolute atomic E-state index is 13.5. The molecule has 1 fully saturated rings. The number of rotatable bonds is 9. The fourth-order valence-electron chi connectivity index (χ4n) is 3.11. The van der Waals surface area contributed by atoms with Gasteiger partial charge in [-0.15, -0.1) is 0 Å². The third-order valence-corrected chi connectivity index (χ3v) is 6.73. The highest BCUT2D eigenvalue weighted by Gasteiger charge is 2.27. The molecule has 0 heterocycles. The standard InChI is InChI=1S/C20H31O2P/c1-2-3-4-5-6-13-18-23(21,20-16-11-8-12-17-20)22-19-14-9-7-10-15-19/h8,11-13,16-19H,2-7,9-10,14-15H2,1H3. The highest BCUT2D eigenvalue weighted by molar-refractivity contribution is 7.70. The van der Waals surface area contributed by atoms with Crippen LogP contribution in [0.2, 0.25) is 0 Å². The van der Waals surface area contributed by atoms with Crippen molar-refractivity contribution in [1.82, 2.24) is 0 Å². The lowest BCUT2D eigenvalue weighted by Crippen LogP contribution is -2.18. The van der Waals surface area contributed by atoms with Crippen molar-refractivity contribution in [3.05, 3.63) is 42.2 Å². The Bertz CT molecular complexity index is 504. The third kappa shape index (κ3) is 6.28. The van der Waals surface area contributed by atoms with E-state index in [9.17, 15) is 4.57 Å². The van der Waals surface area contributed by atoms with Crippen LogP contribution in [0.15, 0.2) is 42.2 Å². The van der Waals surface area contributed by atoms with E-state index in [1.165, 1.54) is 44.9 Å². The van der Waals surface area contributed by atoms with E-state index in [-0.39, 0.29) is 6.10 Å². The average Bonchev–Trinajstić information content (AvgIpc) is 2.60. The first kappa shape index (κ1) is 18.5. The van der Waals surface area contributed by atoms with Gasteiger partial charge in [-0.05, 0) is 37.8 Å². The van der Waals surface area contributed by atoms with Gasteiger partial charge in [-0.2, -0.15) is 0 Å². The molecule has 128 valence electrons. The van der Waals surface area contributed by atoms with Gasteiger partial charge in [-0.3, -0.25) is 4.57 Å². The topological polar surface area (TPSA) is 26.3 Å². The van der Waals surface area contributed by atoms with E-state index in [1.54, 1.807) is 0 Å². The molecule has 1 aliphatic carbocycles. The summed E-state index contributed by atoms with van der Waals surface area (Å²) >= 11 is 0. The van der Waals surface area contributed by atoms with Crippen LogP contribution in [0.1, 0.15) is 71.1 Å². The van der Waals surface area contributed by atoms with E-state index >= 15 is 0 Å². The van der Waals surface area contributed by atoms with Crippen molar-refractivity contribution in [2.45, 2.75) is 77.2 Å². The highest BCUT2D eigenvalue weighted by Crippen LogP contribution is 2.50.